The van der Waals surface area contributed by atoms with Gasteiger partial charge in [-0.25, -0.2) is 5.01 Å². The second-order valence-electron chi connectivity index (χ2n) is 10.6. The molecule has 3 unspecified atom stereocenters. The topological polar surface area (TPSA) is 82.3 Å². The SMILES string of the molecule is C1CCN(C2(N3CCNCC3)OCC(N3CCCC3)NC2(C2NCCN2)N2CCCN2)CC1. The van der Waals surface area contributed by atoms with Crippen LogP contribution in [0.4, 0.5) is 0 Å². The fraction of sp³-hybridized carbons (Fsp3) is 1.00. The first-order chi connectivity index (χ1) is 16.3. The molecule has 0 aromatic heterocycles. The van der Waals surface area contributed by atoms with Gasteiger partial charge in [-0.3, -0.25) is 36.1 Å². The number of hydrogen-bond acceptors (Lipinski definition) is 10. The molecule has 6 aliphatic heterocycles. The van der Waals surface area contributed by atoms with Crippen LogP contribution in [0.5, 0.6) is 0 Å². The Kier molecular flexibility index (Phi) is 6.93. The normalized spacial score (nSPS) is 41.3. The smallest absolute Gasteiger partial charge is 0.217 e. The summed E-state index contributed by atoms with van der Waals surface area (Å²) in [5, 5.41) is 18.2. The molecule has 6 fully saturated rings. The quantitative estimate of drug-likeness (QED) is 0.332. The molecule has 5 N–H and O–H groups in total. The summed E-state index contributed by atoms with van der Waals surface area (Å²) in [6.45, 7) is 13.4. The van der Waals surface area contributed by atoms with Gasteiger partial charge in [0.05, 0.1) is 18.9 Å². The first-order valence-corrected chi connectivity index (χ1v) is 13.7. The molecule has 6 aliphatic rings. The molecule has 0 spiro atoms. The number of morpholine rings is 1. The molecular weight excluding hydrogens is 418 g/mol. The molecule has 0 aromatic rings. The first kappa shape index (κ1) is 23.0. The van der Waals surface area contributed by atoms with E-state index >= 15 is 0 Å². The maximum absolute atomic E-state index is 7.37. The Bertz CT molecular complexity index is 602. The van der Waals surface area contributed by atoms with E-state index in [1.54, 1.807) is 0 Å². The Balaban J connectivity index is 1.47. The molecule has 0 saturated carbocycles. The number of hydrogen-bond donors (Lipinski definition) is 5. The lowest BCUT2D eigenvalue weighted by atomic mass is 9.89. The molecule has 6 saturated heterocycles. The lowest BCUT2D eigenvalue weighted by molar-refractivity contribution is -0.363. The average Bonchev–Trinajstić information content (AvgIpc) is 3.68. The van der Waals surface area contributed by atoms with Gasteiger partial charge in [0.1, 0.15) is 0 Å². The summed E-state index contributed by atoms with van der Waals surface area (Å²) in [7, 11) is 0. The third-order valence-electron chi connectivity index (χ3n) is 8.76. The van der Waals surface area contributed by atoms with E-state index in [-0.39, 0.29) is 12.3 Å². The van der Waals surface area contributed by atoms with Crippen molar-refractivity contribution in [2.45, 2.75) is 62.4 Å². The highest BCUT2D eigenvalue weighted by atomic mass is 16.5. The zero-order valence-corrected chi connectivity index (χ0v) is 20.3. The number of hydrazine groups is 1. The fourth-order valence-electron chi connectivity index (χ4n) is 7.29. The van der Waals surface area contributed by atoms with E-state index in [0.29, 0.717) is 0 Å². The van der Waals surface area contributed by atoms with Crippen LogP contribution in [0.3, 0.4) is 0 Å². The van der Waals surface area contributed by atoms with Crippen LogP contribution in [0.1, 0.15) is 38.5 Å². The minimum Gasteiger partial charge on any atom is -0.341 e. The Labute approximate surface area is 199 Å². The predicted molar refractivity (Wildman–Crippen MR) is 128 cm³/mol. The van der Waals surface area contributed by atoms with Crippen LogP contribution in [-0.4, -0.2) is 129 Å². The van der Waals surface area contributed by atoms with Crippen LogP contribution in [0.25, 0.3) is 0 Å². The Morgan fingerprint density at radius 3 is 2.06 bits per heavy atom. The Morgan fingerprint density at radius 1 is 0.667 bits per heavy atom. The lowest BCUT2D eigenvalue weighted by Gasteiger charge is -2.67. The van der Waals surface area contributed by atoms with Crippen molar-refractivity contribution in [2.24, 2.45) is 0 Å². The van der Waals surface area contributed by atoms with Crippen LogP contribution in [-0.2, 0) is 4.74 Å². The summed E-state index contributed by atoms with van der Waals surface area (Å²) in [6.07, 6.45) is 7.92. The van der Waals surface area contributed by atoms with Gasteiger partial charge in [0.15, 0.2) is 5.66 Å². The molecule has 0 amide bonds. The highest BCUT2D eigenvalue weighted by Crippen LogP contribution is 2.44. The minimum atomic E-state index is -0.530. The fourth-order valence-corrected chi connectivity index (χ4v) is 7.29. The third kappa shape index (κ3) is 3.87. The summed E-state index contributed by atoms with van der Waals surface area (Å²) in [4.78, 5) is 8.00. The second kappa shape index (κ2) is 9.93. The van der Waals surface area contributed by atoms with Gasteiger partial charge in [-0.1, -0.05) is 6.42 Å². The van der Waals surface area contributed by atoms with E-state index in [1.807, 2.05) is 0 Å². The van der Waals surface area contributed by atoms with Crippen molar-refractivity contribution in [2.75, 3.05) is 85.1 Å². The maximum atomic E-state index is 7.37. The number of rotatable bonds is 5. The summed E-state index contributed by atoms with van der Waals surface area (Å²) < 4.78 is 7.37. The monoisotopic (exact) mass is 463 g/mol. The lowest BCUT2D eigenvalue weighted by Crippen LogP contribution is -2.93. The standard InChI is InChI=1S/C23H45N9O/c1-2-14-30(15-3-1)23(31-17-10-24-11-18-31)22(21-25-8-9-26-21,32-16-6-7-27-32)28-20(19-33-23)29-12-4-5-13-29/h20-21,24-28H,1-19H2. The van der Waals surface area contributed by atoms with E-state index in [1.165, 1.54) is 51.6 Å². The largest absolute Gasteiger partial charge is 0.341 e. The van der Waals surface area contributed by atoms with E-state index in [0.717, 1.165) is 72.1 Å². The maximum Gasteiger partial charge on any atom is 0.217 e. The van der Waals surface area contributed by atoms with Crippen molar-refractivity contribution in [1.29, 1.82) is 0 Å². The molecule has 188 valence electrons. The number of piperazine rings is 1. The van der Waals surface area contributed by atoms with E-state index in [2.05, 4.69) is 46.4 Å². The molecule has 6 heterocycles. The summed E-state index contributed by atoms with van der Waals surface area (Å²) >= 11 is 0. The van der Waals surface area contributed by atoms with Gasteiger partial charge in [-0.05, 0) is 45.2 Å². The molecule has 10 heteroatoms. The first-order valence-electron chi connectivity index (χ1n) is 13.7. The number of nitrogens with one attached hydrogen (secondary N) is 5. The van der Waals surface area contributed by atoms with Gasteiger partial charge in [-0.2, -0.15) is 0 Å². The van der Waals surface area contributed by atoms with Gasteiger partial charge in [0, 0.05) is 65.4 Å². The molecular formula is C23H45N9O. The molecule has 0 radical (unpaired) electrons. The van der Waals surface area contributed by atoms with Crippen LogP contribution >= 0.6 is 0 Å². The molecule has 0 aliphatic carbocycles. The van der Waals surface area contributed by atoms with Crippen molar-refractivity contribution in [3.8, 4) is 0 Å². The van der Waals surface area contributed by atoms with E-state index in [4.69, 9.17) is 4.74 Å². The summed E-state index contributed by atoms with van der Waals surface area (Å²) in [6, 6.07) is 0. The molecule has 0 aromatic carbocycles. The molecule has 6 rings (SSSR count). The number of nitrogens with zero attached hydrogens (tertiary/aromatic N) is 4. The zero-order valence-electron chi connectivity index (χ0n) is 20.3. The average molecular weight is 464 g/mol. The predicted octanol–water partition coefficient (Wildman–Crippen LogP) is -1.50. The number of piperidine rings is 1. The van der Waals surface area contributed by atoms with Gasteiger partial charge in [0.2, 0.25) is 5.85 Å². The van der Waals surface area contributed by atoms with Crippen LogP contribution < -0.4 is 26.7 Å². The summed E-state index contributed by atoms with van der Waals surface area (Å²) in [5.74, 6) is -0.530. The van der Waals surface area contributed by atoms with Crippen LogP contribution in [0, 0.1) is 0 Å². The van der Waals surface area contributed by atoms with Crippen molar-refractivity contribution in [3.05, 3.63) is 0 Å². The van der Waals surface area contributed by atoms with Crippen molar-refractivity contribution < 1.29 is 4.74 Å². The highest BCUT2D eigenvalue weighted by molar-refractivity contribution is 5.16. The number of ether oxygens (including phenoxy) is 1. The molecule has 33 heavy (non-hydrogen) atoms. The van der Waals surface area contributed by atoms with Gasteiger partial charge in [0.25, 0.3) is 0 Å². The Hall–Kier alpha value is -0.400. The minimum absolute atomic E-state index is 0.102. The van der Waals surface area contributed by atoms with Crippen molar-refractivity contribution in [3.63, 3.8) is 0 Å². The van der Waals surface area contributed by atoms with Crippen LogP contribution in [0.15, 0.2) is 0 Å². The number of likely N-dealkylation sites (tertiary alicyclic amines) is 2. The van der Waals surface area contributed by atoms with Crippen molar-refractivity contribution >= 4 is 0 Å². The van der Waals surface area contributed by atoms with Gasteiger partial charge < -0.3 is 10.1 Å². The third-order valence-corrected chi connectivity index (χ3v) is 8.76. The molecule has 3 atom stereocenters. The molecule has 0 bridgehead atoms. The van der Waals surface area contributed by atoms with E-state index in [9.17, 15) is 0 Å². The zero-order chi connectivity index (χ0) is 22.1. The van der Waals surface area contributed by atoms with Gasteiger partial charge in [-0.15, -0.1) is 0 Å². The highest BCUT2D eigenvalue weighted by Gasteiger charge is 2.69. The van der Waals surface area contributed by atoms with Gasteiger partial charge >= 0.3 is 0 Å². The molecule has 10 nitrogen and oxygen atoms in total. The van der Waals surface area contributed by atoms with Crippen LogP contribution in [0.2, 0.25) is 0 Å². The Morgan fingerprint density at radius 2 is 1.36 bits per heavy atom. The second-order valence-corrected chi connectivity index (χ2v) is 10.6. The van der Waals surface area contributed by atoms with Crippen molar-refractivity contribution in [1.82, 2.24) is 46.4 Å². The summed E-state index contributed by atoms with van der Waals surface area (Å²) in [5.41, 5.74) is 3.37. The van der Waals surface area contributed by atoms with E-state index < -0.39 is 11.5 Å².